The summed E-state index contributed by atoms with van der Waals surface area (Å²) in [5.41, 5.74) is 3.63. The van der Waals surface area contributed by atoms with Crippen LogP contribution in [0.3, 0.4) is 0 Å². The van der Waals surface area contributed by atoms with Crippen molar-refractivity contribution in [1.82, 2.24) is 14.1 Å². The SMILES string of the molecule is C=N/C=C\c1nc(-c2ccn(C3CC3)c(=O)c2)n(-c2ccccc2)c1C. The van der Waals surface area contributed by atoms with Crippen LogP contribution in [-0.2, 0) is 0 Å². The molecule has 2 aromatic heterocycles. The van der Waals surface area contributed by atoms with Crippen LogP contribution < -0.4 is 5.56 Å². The van der Waals surface area contributed by atoms with Crippen LogP contribution in [0.4, 0.5) is 0 Å². The zero-order valence-corrected chi connectivity index (χ0v) is 14.7. The van der Waals surface area contributed by atoms with Crippen LogP contribution in [0.5, 0.6) is 0 Å². The first kappa shape index (κ1) is 16.3. The molecule has 1 saturated carbocycles. The third-order valence-corrected chi connectivity index (χ3v) is 4.64. The summed E-state index contributed by atoms with van der Waals surface area (Å²) in [7, 11) is 0. The van der Waals surface area contributed by atoms with Gasteiger partial charge in [-0.25, -0.2) is 4.98 Å². The van der Waals surface area contributed by atoms with Gasteiger partial charge >= 0.3 is 0 Å². The Morgan fingerprint density at radius 1 is 1.23 bits per heavy atom. The molecule has 0 amide bonds. The third kappa shape index (κ3) is 2.92. The van der Waals surface area contributed by atoms with Crippen molar-refractivity contribution in [2.75, 3.05) is 0 Å². The average Bonchev–Trinajstić information content (AvgIpc) is 3.44. The first-order valence-electron chi connectivity index (χ1n) is 8.69. The van der Waals surface area contributed by atoms with E-state index in [0.29, 0.717) is 6.04 Å². The van der Waals surface area contributed by atoms with Crippen molar-refractivity contribution < 1.29 is 0 Å². The van der Waals surface area contributed by atoms with Crippen molar-refractivity contribution in [3.8, 4) is 17.1 Å². The summed E-state index contributed by atoms with van der Waals surface area (Å²) in [6.45, 7) is 5.49. The molecule has 0 unspecified atom stereocenters. The van der Waals surface area contributed by atoms with E-state index in [1.807, 2.05) is 60.2 Å². The molecule has 130 valence electrons. The lowest BCUT2D eigenvalue weighted by Crippen LogP contribution is -2.17. The van der Waals surface area contributed by atoms with Crippen LogP contribution in [0, 0.1) is 6.92 Å². The van der Waals surface area contributed by atoms with Gasteiger partial charge in [0.05, 0.1) is 5.69 Å². The van der Waals surface area contributed by atoms with Gasteiger partial charge in [0.1, 0.15) is 5.82 Å². The number of aromatic nitrogens is 3. The van der Waals surface area contributed by atoms with E-state index in [4.69, 9.17) is 4.98 Å². The molecule has 5 nitrogen and oxygen atoms in total. The smallest absolute Gasteiger partial charge is 0.251 e. The van der Waals surface area contributed by atoms with E-state index < -0.39 is 0 Å². The van der Waals surface area contributed by atoms with Gasteiger partial charge in [0.2, 0.25) is 0 Å². The molecule has 0 bridgehead atoms. The summed E-state index contributed by atoms with van der Waals surface area (Å²) < 4.78 is 3.88. The average molecular weight is 344 g/mol. The summed E-state index contributed by atoms with van der Waals surface area (Å²) in [6.07, 6.45) is 7.51. The van der Waals surface area contributed by atoms with Crippen LogP contribution in [0.15, 0.2) is 64.6 Å². The highest BCUT2D eigenvalue weighted by molar-refractivity contribution is 5.64. The maximum absolute atomic E-state index is 12.5. The minimum absolute atomic E-state index is 0.0233. The Balaban J connectivity index is 1.89. The highest BCUT2D eigenvalue weighted by Gasteiger charge is 2.24. The molecule has 5 heteroatoms. The first-order valence-corrected chi connectivity index (χ1v) is 8.69. The topological polar surface area (TPSA) is 52.2 Å². The van der Waals surface area contributed by atoms with Crippen molar-refractivity contribution in [2.24, 2.45) is 4.99 Å². The van der Waals surface area contributed by atoms with Gasteiger partial charge in [-0.3, -0.25) is 14.4 Å². The Hall–Kier alpha value is -3.21. The molecular formula is C21H20N4O. The fourth-order valence-corrected chi connectivity index (χ4v) is 3.17. The lowest BCUT2D eigenvalue weighted by Gasteiger charge is -2.11. The molecule has 2 heterocycles. The maximum atomic E-state index is 12.5. The van der Waals surface area contributed by atoms with E-state index in [1.165, 1.54) is 0 Å². The number of pyridine rings is 1. The molecule has 0 atom stereocenters. The normalized spacial score (nSPS) is 14.0. The van der Waals surface area contributed by atoms with E-state index in [2.05, 4.69) is 16.3 Å². The van der Waals surface area contributed by atoms with E-state index in [-0.39, 0.29) is 5.56 Å². The summed E-state index contributed by atoms with van der Waals surface area (Å²) in [5, 5.41) is 0. The summed E-state index contributed by atoms with van der Waals surface area (Å²) >= 11 is 0. The van der Waals surface area contributed by atoms with Gasteiger partial charge in [0, 0.05) is 41.4 Å². The number of rotatable bonds is 5. The standard InChI is InChI=1S/C21H20N4O/c1-15-19(10-12-22-2)23-21(25(15)18-6-4-3-5-7-18)16-11-13-24(17-8-9-17)20(26)14-16/h3-7,10-14,17H,2,8-9H2,1H3/b12-10-. The molecule has 3 aromatic rings. The highest BCUT2D eigenvalue weighted by Crippen LogP contribution is 2.34. The van der Waals surface area contributed by atoms with Crippen LogP contribution in [0.2, 0.25) is 0 Å². The van der Waals surface area contributed by atoms with Gasteiger partial charge in [-0.2, -0.15) is 0 Å². The monoisotopic (exact) mass is 344 g/mol. The van der Waals surface area contributed by atoms with Gasteiger partial charge in [-0.1, -0.05) is 18.2 Å². The Morgan fingerprint density at radius 3 is 2.65 bits per heavy atom. The number of aliphatic imine (C=N–C) groups is 1. The molecule has 0 aliphatic heterocycles. The van der Waals surface area contributed by atoms with Crippen LogP contribution >= 0.6 is 0 Å². The van der Waals surface area contributed by atoms with E-state index in [0.717, 1.165) is 41.3 Å². The van der Waals surface area contributed by atoms with Crippen LogP contribution in [0.1, 0.15) is 30.3 Å². The second-order valence-corrected chi connectivity index (χ2v) is 6.47. The molecule has 1 fully saturated rings. The molecule has 1 aliphatic carbocycles. The Labute approximate surface area is 152 Å². The molecule has 0 N–H and O–H groups in total. The maximum Gasteiger partial charge on any atom is 0.251 e. The largest absolute Gasteiger partial charge is 0.312 e. The minimum atomic E-state index is 0.0233. The molecular weight excluding hydrogens is 324 g/mol. The molecule has 0 radical (unpaired) electrons. The van der Waals surface area contributed by atoms with Gasteiger partial charge < -0.3 is 4.57 Å². The van der Waals surface area contributed by atoms with Crippen LogP contribution in [0.25, 0.3) is 23.2 Å². The van der Waals surface area contributed by atoms with E-state index in [1.54, 1.807) is 12.3 Å². The number of imidazole rings is 1. The Bertz CT molecular complexity index is 1040. The molecule has 4 rings (SSSR count). The molecule has 26 heavy (non-hydrogen) atoms. The number of nitrogens with zero attached hydrogens (tertiary/aromatic N) is 4. The van der Waals surface area contributed by atoms with Crippen molar-refractivity contribution in [3.63, 3.8) is 0 Å². The lowest BCUT2D eigenvalue weighted by molar-refractivity contribution is 0.707. The van der Waals surface area contributed by atoms with Gasteiger partial charge in [-0.15, -0.1) is 0 Å². The summed E-state index contributed by atoms with van der Waals surface area (Å²) in [6, 6.07) is 14.0. The highest BCUT2D eigenvalue weighted by atomic mass is 16.1. The Morgan fingerprint density at radius 2 is 2.00 bits per heavy atom. The fraction of sp³-hybridized carbons (Fsp3) is 0.190. The predicted octanol–water partition coefficient (Wildman–Crippen LogP) is 4.02. The van der Waals surface area contributed by atoms with Gasteiger partial charge in [0.25, 0.3) is 5.56 Å². The minimum Gasteiger partial charge on any atom is -0.312 e. The fourth-order valence-electron chi connectivity index (χ4n) is 3.17. The second-order valence-electron chi connectivity index (χ2n) is 6.47. The summed E-state index contributed by atoms with van der Waals surface area (Å²) in [5.74, 6) is 0.748. The zero-order valence-electron chi connectivity index (χ0n) is 14.7. The van der Waals surface area contributed by atoms with Crippen molar-refractivity contribution in [1.29, 1.82) is 0 Å². The number of hydrogen-bond acceptors (Lipinski definition) is 3. The van der Waals surface area contributed by atoms with Gasteiger partial charge in [-0.05, 0) is 50.8 Å². The number of para-hydroxylation sites is 1. The Kier molecular flexibility index (Phi) is 4.13. The van der Waals surface area contributed by atoms with Crippen LogP contribution in [-0.4, -0.2) is 20.8 Å². The number of hydrogen-bond donors (Lipinski definition) is 0. The van der Waals surface area contributed by atoms with Gasteiger partial charge in [0.15, 0.2) is 0 Å². The molecule has 1 aromatic carbocycles. The number of benzene rings is 1. The molecule has 0 spiro atoms. The van der Waals surface area contributed by atoms with E-state index >= 15 is 0 Å². The second kappa shape index (κ2) is 6.59. The molecule has 0 saturated heterocycles. The van der Waals surface area contributed by atoms with E-state index in [9.17, 15) is 4.79 Å². The van der Waals surface area contributed by atoms with Crippen molar-refractivity contribution in [3.05, 3.63) is 76.6 Å². The summed E-state index contributed by atoms with van der Waals surface area (Å²) in [4.78, 5) is 21.0. The predicted molar refractivity (Wildman–Crippen MR) is 105 cm³/mol. The quantitative estimate of drug-likeness (QED) is 0.657. The molecule has 1 aliphatic rings. The van der Waals surface area contributed by atoms with Crippen molar-refractivity contribution >= 4 is 12.8 Å². The zero-order chi connectivity index (χ0) is 18.1. The third-order valence-electron chi connectivity index (χ3n) is 4.64. The lowest BCUT2D eigenvalue weighted by atomic mass is 10.2. The van der Waals surface area contributed by atoms with Crippen molar-refractivity contribution in [2.45, 2.75) is 25.8 Å². The first-order chi connectivity index (χ1) is 12.7.